The van der Waals surface area contributed by atoms with Crippen molar-refractivity contribution in [2.45, 2.75) is 39.3 Å². The third kappa shape index (κ3) is 3.69. The van der Waals surface area contributed by atoms with Crippen LogP contribution in [0.1, 0.15) is 31.2 Å². The van der Waals surface area contributed by atoms with Crippen LogP contribution in [0.5, 0.6) is 5.75 Å². The average molecular weight is 344 g/mol. The second kappa shape index (κ2) is 7.70. The molecule has 0 radical (unpaired) electrons. The summed E-state index contributed by atoms with van der Waals surface area (Å²) in [5.41, 5.74) is 1.68. The molecule has 0 unspecified atom stereocenters. The summed E-state index contributed by atoms with van der Waals surface area (Å²) in [5, 5.41) is 0. The van der Waals surface area contributed by atoms with E-state index < -0.39 is 0 Å². The Hall–Kier alpha value is -2.34. The van der Waals surface area contributed by atoms with Gasteiger partial charge in [0, 0.05) is 6.54 Å². The van der Waals surface area contributed by atoms with Crippen molar-refractivity contribution in [3.8, 4) is 17.2 Å². The lowest BCUT2D eigenvalue weighted by atomic mass is 10.2. The largest absolute Gasteiger partial charge is 0.493 e. The Labute approximate surface area is 147 Å². The standard InChI is InChI=1S/C19H24N2O4/c1-4-24-17-10-6-5-8-14(17)18-20-15(13(2)25-18)12-21-11-7-9-16(21)19(22)23-3/h5-6,8,10,16H,4,7,9,11-12H2,1-3H3/t16-/m0/s1. The zero-order valence-corrected chi connectivity index (χ0v) is 14.9. The number of aryl methyl sites for hydroxylation is 1. The summed E-state index contributed by atoms with van der Waals surface area (Å²) in [6.07, 6.45) is 1.81. The van der Waals surface area contributed by atoms with Crippen molar-refractivity contribution < 1.29 is 18.7 Å². The molecule has 6 heteroatoms. The van der Waals surface area contributed by atoms with E-state index in [0.29, 0.717) is 19.0 Å². The van der Waals surface area contributed by atoms with Gasteiger partial charge in [-0.25, -0.2) is 4.98 Å². The molecule has 2 heterocycles. The van der Waals surface area contributed by atoms with Crippen LogP contribution < -0.4 is 4.74 Å². The third-order valence-corrected chi connectivity index (χ3v) is 4.50. The van der Waals surface area contributed by atoms with E-state index in [2.05, 4.69) is 9.88 Å². The Morgan fingerprint density at radius 2 is 2.20 bits per heavy atom. The lowest BCUT2D eigenvalue weighted by molar-refractivity contribution is -0.146. The Morgan fingerprint density at radius 3 is 2.96 bits per heavy atom. The molecule has 3 rings (SSSR count). The summed E-state index contributed by atoms with van der Waals surface area (Å²) in [4.78, 5) is 18.7. The molecular formula is C19H24N2O4. The molecule has 2 aromatic rings. The molecule has 1 saturated heterocycles. The zero-order valence-electron chi connectivity index (χ0n) is 14.9. The first-order chi connectivity index (χ1) is 12.1. The van der Waals surface area contributed by atoms with Gasteiger partial charge in [-0.05, 0) is 45.4 Å². The van der Waals surface area contributed by atoms with Crippen LogP contribution in [-0.4, -0.2) is 42.2 Å². The highest BCUT2D eigenvalue weighted by Gasteiger charge is 2.32. The summed E-state index contributed by atoms with van der Waals surface area (Å²) in [6, 6.07) is 7.51. The molecule has 1 aliphatic rings. The number of aromatic nitrogens is 1. The van der Waals surface area contributed by atoms with Gasteiger partial charge in [0.25, 0.3) is 0 Å². The number of carbonyl (C=O) groups excluding carboxylic acids is 1. The average Bonchev–Trinajstić information content (AvgIpc) is 3.22. The van der Waals surface area contributed by atoms with E-state index in [0.717, 1.165) is 42.2 Å². The second-order valence-corrected chi connectivity index (χ2v) is 6.10. The third-order valence-electron chi connectivity index (χ3n) is 4.50. The van der Waals surface area contributed by atoms with Crippen molar-refractivity contribution in [3.05, 3.63) is 35.7 Å². The van der Waals surface area contributed by atoms with Gasteiger partial charge in [-0.15, -0.1) is 0 Å². The number of hydrogen-bond donors (Lipinski definition) is 0. The minimum Gasteiger partial charge on any atom is -0.493 e. The number of nitrogens with zero attached hydrogens (tertiary/aromatic N) is 2. The topological polar surface area (TPSA) is 64.8 Å². The molecule has 134 valence electrons. The van der Waals surface area contributed by atoms with Gasteiger partial charge in [0.2, 0.25) is 5.89 Å². The normalized spacial score (nSPS) is 17.6. The van der Waals surface area contributed by atoms with Gasteiger partial charge in [0.1, 0.15) is 17.6 Å². The van der Waals surface area contributed by atoms with Crippen molar-refractivity contribution in [1.29, 1.82) is 0 Å². The SMILES string of the molecule is CCOc1ccccc1-c1nc(CN2CCC[C@H]2C(=O)OC)c(C)o1. The van der Waals surface area contributed by atoms with E-state index in [9.17, 15) is 4.79 Å². The number of ether oxygens (including phenoxy) is 2. The quantitative estimate of drug-likeness (QED) is 0.750. The second-order valence-electron chi connectivity index (χ2n) is 6.10. The molecule has 1 aromatic carbocycles. The van der Waals surface area contributed by atoms with E-state index in [1.54, 1.807) is 0 Å². The minimum absolute atomic E-state index is 0.180. The van der Waals surface area contributed by atoms with E-state index >= 15 is 0 Å². The van der Waals surface area contributed by atoms with E-state index in [1.165, 1.54) is 7.11 Å². The molecule has 1 atom stereocenters. The molecule has 1 aromatic heterocycles. The first-order valence-corrected chi connectivity index (χ1v) is 8.64. The van der Waals surface area contributed by atoms with Crippen LogP contribution in [-0.2, 0) is 16.1 Å². The van der Waals surface area contributed by atoms with Gasteiger partial charge in [-0.2, -0.15) is 0 Å². The molecule has 6 nitrogen and oxygen atoms in total. The van der Waals surface area contributed by atoms with Crippen molar-refractivity contribution in [2.24, 2.45) is 0 Å². The minimum atomic E-state index is -0.194. The van der Waals surface area contributed by atoms with Crippen LogP contribution in [0.25, 0.3) is 11.5 Å². The first-order valence-electron chi connectivity index (χ1n) is 8.64. The van der Waals surface area contributed by atoms with Crippen molar-refractivity contribution >= 4 is 5.97 Å². The molecular weight excluding hydrogens is 320 g/mol. The summed E-state index contributed by atoms with van der Waals surface area (Å²) < 4.78 is 16.5. The Bertz CT molecular complexity index is 741. The summed E-state index contributed by atoms with van der Waals surface area (Å²) >= 11 is 0. The smallest absolute Gasteiger partial charge is 0.323 e. The fourth-order valence-corrected chi connectivity index (χ4v) is 3.23. The Morgan fingerprint density at radius 1 is 1.40 bits per heavy atom. The summed E-state index contributed by atoms with van der Waals surface area (Å²) in [5.74, 6) is 1.88. The van der Waals surface area contributed by atoms with E-state index in [4.69, 9.17) is 13.9 Å². The fourth-order valence-electron chi connectivity index (χ4n) is 3.23. The number of likely N-dealkylation sites (tertiary alicyclic amines) is 1. The van der Waals surface area contributed by atoms with Gasteiger partial charge in [0.05, 0.1) is 25.0 Å². The number of benzene rings is 1. The van der Waals surface area contributed by atoms with E-state index in [-0.39, 0.29) is 12.0 Å². The maximum absolute atomic E-state index is 11.9. The molecule has 0 aliphatic carbocycles. The molecule has 0 N–H and O–H groups in total. The predicted molar refractivity (Wildman–Crippen MR) is 93.3 cm³/mol. The number of carbonyl (C=O) groups is 1. The number of oxazole rings is 1. The highest BCUT2D eigenvalue weighted by atomic mass is 16.5. The summed E-state index contributed by atoms with van der Waals surface area (Å²) in [6.45, 7) is 5.86. The van der Waals surface area contributed by atoms with Gasteiger partial charge >= 0.3 is 5.97 Å². The molecule has 25 heavy (non-hydrogen) atoms. The predicted octanol–water partition coefficient (Wildman–Crippen LogP) is 3.19. The van der Waals surface area contributed by atoms with Crippen molar-refractivity contribution in [3.63, 3.8) is 0 Å². The first kappa shape index (κ1) is 17.5. The molecule has 0 saturated carbocycles. The van der Waals surface area contributed by atoms with E-state index in [1.807, 2.05) is 38.1 Å². The molecule has 0 amide bonds. The summed E-state index contributed by atoms with van der Waals surface area (Å²) in [7, 11) is 1.43. The fraction of sp³-hybridized carbons (Fsp3) is 0.474. The molecule has 1 fully saturated rings. The van der Waals surface area contributed by atoms with Crippen LogP contribution in [0.3, 0.4) is 0 Å². The lowest BCUT2D eigenvalue weighted by Crippen LogP contribution is -2.36. The highest BCUT2D eigenvalue weighted by Crippen LogP contribution is 2.31. The highest BCUT2D eigenvalue weighted by molar-refractivity contribution is 5.76. The maximum Gasteiger partial charge on any atom is 0.323 e. The number of esters is 1. The maximum atomic E-state index is 11.9. The van der Waals surface area contributed by atoms with Crippen molar-refractivity contribution in [1.82, 2.24) is 9.88 Å². The number of hydrogen-bond acceptors (Lipinski definition) is 6. The molecule has 0 bridgehead atoms. The Balaban J connectivity index is 1.83. The lowest BCUT2D eigenvalue weighted by Gasteiger charge is -2.21. The number of para-hydroxylation sites is 1. The Kier molecular flexibility index (Phi) is 5.38. The number of rotatable bonds is 6. The van der Waals surface area contributed by atoms with Gasteiger partial charge in [-0.1, -0.05) is 12.1 Å². The van der Waals surface area contributed by atoms with Crippen molar-refractivity contribution in [2.75, 3.05) is 20.3 Å². The van der Waals surface area contributed by atoms with Crippen LogP contribution in [0.15, 0.2) is 28.7 Å². The van der Waals surface area contributed by atoms with Crippen LogP contribution in [0.2, 0.25) is 0 Å². The van der Waals surface area contributed by atoms with Gasteiger partial charge in [-0.3, -0.25) is 9.69 Å². The molecule has 0 spiro atoms. The van der Waals surface area contributed by atoms with Crippen LogP contribution in [0.4, 0.5) is 0 Å². The molecule has 1 aliphatic heterocycles. The number of methoxy groups -OCH3 is 1. The monoisotopic (exact) mass is 344 g/mol. The zero-order chi connectivity index (χ0) is 17.8. The van der Waals surface area contributed by atoms with Gasteiger partial charge < -0.3 is 13.9 Å². The van der Waals surface area contributed by atoms with Gasteiger partial charge in [0.15, 0.2) is 0 Å². The van der Waals surface area contributed by atoms with Crippen LogP contribution >= 0.6 is 0 Å². The van der Waals surface area contributed by atoms with Crippen LogP contribution in [0, 0.1) is 6.92 Å².